The van der Waals surface area contributed by atoms with Gasteiger partial charge in [-0.1, -0.05) is 91.0 Å². The van der Waals surface area contributed by atoms with Crippen LogP contribution in [0.3, 0.4) is 0 Å². The summed E-state index contributed by atoms with van der Waals surface area (Å²) < 4.78 is 12.1. The normalized spacial score (nSPS) is 16.0. The lowest BCUT2D eigenvalue weighted by molar-refractivity contribution is -0.141. The third-order valence-corrected chi connectivity index (χ3v) is 5.76. The first-order valence-corrected chi connectivity index (χ1v) is 9.07. The van der Waals surface area contributed by atoms with Crippen LogP contribution in [-0.4, -0.2) is 15.3 Å². The minimum Gasteiger partial charge on any atom is -0.634 e. The average molecular weight is 331 g/mol. The van der Waals surface area contributed by atoms with Crippen LogP contribution >= 0.6 is 0 Å². The topological polar surface area (TPSA) is 35.5 Å². The highest BCUT2D eigenvalue weighted by Gasteiger charge is 2.47. The van der Waals surface area contributed by atoms with E-state index < -0.39 is 14.9 Å². The summed E-state index contributed by atoms with van der Waals surface area (Å²) in [4.78, 5) is 13.0. The van der Waals surface area contributed by atoms with Crippen LogP contribution in [0.2, 0.25) is 0 Å². The summed E-state index contributed by atoms with van der Waals surface area (Å²) in [6.45, 7) is 0. The Labute approximate surface area is 142 Å². The summed E-state index contributed by atoms with van der Waals surface area (Å²) in [5, 5.41) is 0.921. The molecule has 3 aromatic rings. The lowest BCUT2D eigenvalue weighted by Crippen LogP contribution is -2.37. The number of carbonyl (C=O) groups is 1. The van der Waals surface area contributed by atoms with Gasteiger partial charge in [0.25, 0.3) is 0 Å². The van der Waals surface area contributed by atoms with Crippen molar-refractivity contribution in [3.8, 4) is 0 Å². The molecule has 1 aliphatic rings. The Bertz CT molecular complexity index is 795. The highest BCUT2D eigenvalue weighted by molar-refractivity contribution is 6.64. The summed E-state index contributed by atoms with van der Waals surface area (Å²) >= 11 is 0. The maximum absolute atomic E-state index is 13.0. The van der Waals surface area contributed by atoms with Crippen molar-refractivity contribution in [2.24, 2.45) is 0 Å². The molecule has 3 nitrogen and oxygen atoms in total. The zero-order valence-corrected chi connectivity index (χ0v) is 13.9. The Hall–Kier alpha value is -2.69. The molecule has 1 heterocycles. The number of carbonyl (C=O) groups excluding carboxylic acids is 1. The molecule has 0 atom stereocenters. The van der Waals surface area contributed by atoms with Gasteiger partial charge in [-0.2, -0.15) is 0 Å². The fourth-order valence-corrected chi connectivity index (χ4v) is 4.57. The summed E-state index contributed by atoms with van der Waals surface area (Å²) in [6, 6.07) is 28.8. The van der Waals surface area contributed by atoms with Gasteiger partial charge in [-0.25, -0.2) is 0 Å². The van der Waals surface area contributed by atoms with E-state index in [0.717, 1.165) is 16.3 Å². The molecular weight excluding hydrogens is 316 g/mol. The van der Waals surface area contributed by atoms with Crippen LogP contribution in [0.25, 0.3) is 0 Å². The van der Waals surface area contributed by atoms with Gasteiger partial charge >= 0.3 is 5.97 Å². The van der Waals surface area contributed by atoms with Crippen molar-refractivity contribution >= 4 is 20.4 Å². The minimum atomic E-state index is -1.89. The number of hydrogen-bond acceptors (Lipinski definition) is 3. The molecule has 0 aliphatic carbocycles. The summed E-state index contributed by atoms with van der Waals surface area (Å²) in [7, 11) is -1.89. The lowest BCUT2D eigenvalue weighted by Gasteiger charge is -2.32. The van der Waals surface area contributed by atoms with Crippen molar-refractivity contribution in [3.05, 3.63) is 102 Å². The second-order valence-corrected chi connectivity index (χ2v) is 7.12. The molecule has 0 N–H and O–H groups in total. The Balaban J connectivity index is 1.84. The van der Waals surface area contributed by atoms with Gasteiger partial charge in [-0.05, 0) is 11.1 Å². The highest BCUT2D eigenvalue weighted by Crippen LogP contribution is 2.39. The van der Waals surface area contributed by atoms with Crippen LogP contribution in [0, 0.1) is 0 Å². The summed E-state index contributed by atoms with van der Waals surface area (Å²) in [5.74, 6) is -0.349. The lowest BCUT2D eigenvalue weighted by atomic mass is 9.86. The third kappa shape index (κ3) is 2.36. The molecule has 0 saturated carbocycles. The Morgan fingerprint density at radius 3 is 1.62 bits per heavy atom. The van der Waals surface area contributed by atoms with Gasteiger partial charge < -0.3 is 8.85 Å². The number of hydrogen-bond donors (Lipinski definition) is 0. The largest absolute Gasteiger partial charge is 0.634 e. The van der Waals surface area contributed by atoms with Gasteiger partial charge in [0.1, 0.15) is 0 Å². The van der Waals surface area contributed by atoms with Gasteiger partial charge in [-0.3, -0.25) is 4.79 Å². The van der Waals surface area contributed by atoms with Gasteiger partial charge in [0.05, 0.1) is 9.28 Å². The number of rotatable bonds is 3. The van der Waals surface area contributed by atoms with Crippen LogP contribution in [0.15, 0.2) is 91.0 Å². The monoisotopic (exact) mass is 331 g/mol. The summed E-state index contributed by atoms with van der Waals surface area (Å²) in [5.41, 5.74) is 0.376. The molecule has 118 valence electrons. The Kier molecular flexibility index (Phi) is 3.76. The van der Waals surface area contributed by atoms with E-state index in [-0.39, 0.29) is 5.97 Å². The maximum Gasteiger partial charge on any atom is 0.305 e. The molecule has 0 unspecified atom stereocenters. The van der Waals surface area contributed by atoms with Gasteiger partial charge in [0.15, 0.2) is 5.60 Å². The highest BCUT2D eigenvalue weighted by atomic mass is 28.3. The van der Waals surface area contributed by atoms with E-state index in [1.165, 1.54) is 0 Å². The number of benzene rings is 3. The van der Waals surface area contributed by atoms with Crippen LogP contribution in [0.1, 0.15) is 11.1 Å². The molecule has 0 amide bonds. The predicted molar refractivity (Wildman–Crippen MR) is 92.7 cm³/mol. The van der Waals surface area contributed by atoms with Crippen LogP contribution < -0.4 is 5.19 Å². The zero-order chi connectivity index (χ0) is 16.4. The SMILES string of the molecule is O=C1O[Si-](c2ccccc2)OC1(c1ccccc1)c1ccccc1. The molecule has 24 heavy (non-hydrogen) atoms. The Morgan fingerprint density at radius 1 is 0.667 bits per heavy atom. The quantitative estimate of drug-likeness (QED) is 0.692. The fourth-order valence-electron chi connectivity index (χ4n) is 2.92. The van der Waals surface area contributed by atoms with Crippen molar-refractivity contribution in [1.29, 1.82) is 0 Å². The van der Waals surface area contributed by atoms with Crippen LogP contribution in [0.4, 0.5) is 0 Å². The molecule has 0 radical (unpaired) electrons. The maximum atomic E-state index is 13.0. The molecule has 1 saturated heterocycles. The third-order valence-electron chi connectivity index (χ3n) is 4.09. The van der Waals surface area contributed by atoms with Crippen molar-refractivity contribution in [3.63, 3.8) is 0 Å². The van der Waals surface area contributed by atoms with E-state index in [2.05, 4.69) is 0 Å². The summed E-state index contributed by atoms with van der Waals surface area (Å²) in [6.07, 6.45) is 0. The van der Waals surface area contributed by atoms with Gasteiger partial charge in [0, 0.05) is 0 Å². The van der Waals surface area contributed by atoms with Crippen LogP contribution in [-0.2, 0) is 19.2 Å². The van der Waals surface area contributed by atoms with Gasteiger partial charge in [-0.15, -0.1) is 5.19 Å². The molecule has 0 bridgehead atoms. The Morgan fingerprint density at radius 2 is 1.12 bits per heavy atom. The van der Waals surface area contributed by atoms with Crippen LogP contribution in [0.5, 0.6) is 0 Å². The minimum absolute atomic E-state index is 0.349. The molecule has 4 heteroatoms. The van der Waals surface area contributed by atoms with E-state index in [9.17, 15) is 4.79 Å². The van der Waals surface area contributed by atoms with E-state index in [0.29, 0.717) is 0 Å². The molecule has 3 aromatic carbocycles. The molecule has 0 spiro atoms. The van der Waals surface area contributed by atoms with Crippen molar-refractivity contribution in [2.45, 2.75) is 5.60 Å². The van der Waals surface area contributed by atoms with E-state index in [4.69, 9.17) is 8.85 Å². The van der Waals surface area contributed by atoms with Crippen molar-refractivity contribution < 1.29 is 13.6 Å². The standard InChI is InChI=1S/C20H15O3Si/c21-19-20(16-10-4-1-5-11-16,17-12-6-2-7-13-17)23-24(22-19)18-14-8-3-9-15-18/h1-15H/q-1. The molecule has 0 aromatic heterocycles. The van der Waals surface area contributed by atoms with E-state index >= 15 is 0 Å². The second kappa shape index (κ2) is 6.07. The first-order valence-electron chi connectivity index (χ1n) is 7.75. The van der Waals surface area contributed by atoms with Gasteiger partial charge in [0.2, 0.25) is 0 Å². The van der Waals surface area contributed by atoms with Crippen molar-refractivity contribution in [1.82, 2.24) is 0 Å². The molecule has 1 aliphatic heterocycles. The molecule has 1 fully saturated rings. The van der Waals surface area contributed by atoms with E-state index in [1.807, 2.05) is 91.0 Å². The van der Waals surface area contributed by atoms with E-state index in [1.54, 1.807) is 0 Å². The first kappa shape index (κ1) is 14.9. The second-order valence-electron chi connectivity index (χ2n) is 5.56. The van der Waals surface area contributed by atoms with Crippen molar-refractivity contribution in [2.75, 3.05) is 0 Å². The zero-order valence-electron chi connectivity index (χ0n) is 12.9. The molecule has 4 rings (SSSR count). The first-order chi connectivity index (χ1) is 11.8. The fraction of sp³-hybridized carbons (Fsp3) is 0.0500. The smallest absolute Gasteiger partial charge is 0.305 e. The predicted octanol–water partition coefficient (Wildman–Crippen LogP) is 2.90. The molecular formula is C20H15O3Si-. The average Bonchev–Trinajstić information content (AvgIpc) is 3.02.